The summed E-state index contributed by atoms with van der Waals surface area (Å²) < 4.78 is 13.7. The highest BCUT2D eigenvalue weighted by Gasteiger charge is 2.42. The van der Waals surface area contributed by atoms with Crippen LogP contribution >= 0.6 is 11.6 Å². The maximum Gasteiger partial charge on any atom is 0.145 e. The molecule has 2 aliphatic heterocycles. The number of carbonyl (C=O) groups excluding carboxylic acids is 1. The second kappa shape index (κ2) is 4.63. The van der Waals surface area contributed by atoms with Crippen molar-refractivity contribution in [3.05, 3.63) is 34.6 Å². The number of hydrogen-bond acceptors (Lipinski definition) is 2. The van der Waals surface area contributed by atoms with Crippen molar-refractivity contribution >= 4 is 17.4 Å². The summed E-state index contributed by atoms with van der Waals surface area (Å²) in [6.07, 6.45) is 3.30. The molecule has 18 heavy (non-hydrogen) atoms. The first-order chi connectivity index (χ1) is 8.65. The SMILES string of the molecule is O=C(Cc1cccc(Cl)c1F)C1CC2CCC1N2. The van der Waals surface area contributed by atoms with Gasteiger partial charge in [0.05, 0.1) is 5.02 Å². The molecule has 2 heterocycles. The van der Waals surface area contributed by atoms with Gasteiger partial charge in [0.25, 0.3) is 0 Å². The van der Waals surface area contributed by atoms with Crippen LogP contribution in [0.4, 0.5) is 4.39 Å². The summed E-state index contributed by atoms with van der Waals surface area (Å²) in [6, 6.07) is 5.63. The summed E-state index contributed by atoms with van der Waals surface area (Å²) in [5, 5.41) is 3.52. The third-order valence-electron chi connectivity index (χ3n) is 4.11. The summed E-state index contributed by atoms with van der Waals surface area (Å²) >= 11 is 5.72. The minimum atomic E-state index is -0.455. The number of benzene rings is 1. The molecule has 2 fully saturated rings. The number of ketones is 1. The van der Waals surface area contributed by atoms with E-state index in [9.17, 15) is 9.18 Å². The van der Waals surface area contributed by atoms with E-state index in [-0.39, 0.29) is 23.1 Å². The van der Waals surface area contributed by atoms with E-state index in [1.165, 1.54) is 12.5 Å². The smallest absolute Gasteiger partial charge is 0.145 e. The van der Waals surface area contributed by atoms with Gasteiger partial charge in [0, 0.05) is 24.4 Å². The lowest BCUT2D eigenvalue weighted by Gasteiger charge is -2.18. The quantitative estimate of drug-likeness (QED) is 0.912. The zero-order valence-corrected chi connectivity index (χ0v) is 10.7. The van der Waals surface area contributed by atoms with E-state index in [0.29, 0.717) is 17.6 Å². The second-order valence-electron chi connectivity index (χ2n) is 5.25. The lowest BCUT2D eigenvalue weighted by Crippen LogP contribution is -2.29. The van der Waals surface area contributed by atoms with E-state index in [2.05, 4.69) is 5.32 Å². The molecule has 3 rings (SSSR count). The third-order valence-corrected chi connectivity index (χ3v) is 4.40. The first-order valence-corrected chi connectivity index (χ1v) is 6.74. The Morgan fingerprint density at radius 1 is 1.44 bits per heavy atom. The molecule has 0 aromatic heterocycles. The largest absolute Gasteiger partial charge is 0.310 e. The molecule has 0 radical (unpaired) electrons. The van der Waals surface area contributed by atoms with Crippen LogP contribution in [0.5, 0.6) is 0 Å². The summed E-state index contributed by atoms with van der Waals surface area (Å²) in [5.41, 5.74) is 0.412. The van der Waals surface area contributed by atoms with Crippen LogP contribution in [-0.2, 0) is 11.2 Å². The average Bonchev–Trinajstić information content (AvgIpc) is 2.97. The molecule has 2 aliphatic rings. The van der Waals surface area contributed by atoms with Crippen LogP contribution in [0.15, 0.2) is 18.2 Å². The number of rotatable bonds is 3. The Morgan fingerprint density at radius 3 is 2.94 bits per heavy atom. The normalized spacial score (nSPS) is 29.8. The molecule has 0 spiro atoms. The van der Waals surface area contributed by atoms with Gasteiger partial charge in [-0.15, -0.1) is 0 Å². The van der Waals surface area contributed by atoms with Crippen LogP contribution in [0.25, 0.3) is 0 Å². The Bertz CT molecular complexity index is 491. The maximum absolute atomic E-state index is 13.7. The summed E-state index contributed by atoms with van der Waals surface area (Å²) in [5.74, 6) is -0.262. The Labute approximate surface area is 111 Å². The summed E-state index contributed by atoms with van der Waals surface area (Å²) in [4.78, 5) is 12.2. The van der Waals surface area contributed by atoms with Crippen LogP contribution in [0, 0.1) is 11.7 Å². The molecule has 1 aromatic carbocycles. The standard InChI is InChI=1S/C14H15ClFNO/c15-11-3-1-2-8(14(11)16)6-13(18)10-7-9-4-5-12(10)17-9/h1-3,9-10,12,17H,4-7H2. The molecular formula is C14H15ClFNO. The van der Waals surface area contributed by atoms with Crippen molar-refractivity contribution in [2.24, 2.45) is 5.92 Å². The predicted octanol–water partition coefficient (Wildman–Crippen LogP) is 2.73. The van der Waals surface area contributed by atoms with E-state index in [1.807, 2.05) is 0 Å². The number of carbonyl (C=O) groups is 1. The van der Waals surface area contributed by atoms with Crippen molar-refractivity contribution in [1.29, 1.82) is 0 Å². The summed E-state index contributed by atoms with van der Waals surface area (Å²) in [7, 11) is 0. The zero-order valence-electron chi connectivity index (χ0n) is 9.96. The fourth-order valence-corrected chi connectivity index (χ4v) is 3.38. The van der Waals surface area contributed by atoms with Crippen LogP contribution in [0.3, 0.4) is 0 Å². The van der Waals surface area contributed by atoms with Crippen LogP contribution in [-0.4, -0.2) is 17.9 Å². The molecule has 2 nitrogen and oxygen atoms in total. The molecular weight excluding hydrogens is 253 g/mol. The number of nitrogens with one attached hydrogen (secondary N) is 1. The van der Waals surface area contributed by atoms with Crippen molar-refractivity contribution in [3.8, 4) is 0 Å². The molecule has 0 saturated carbocycles. The number of hydrogen-bond donors (Lipinski definition) is 1. The molecule has 0 aliphatic carbocycles. The highest BCUT2D eigenvalue weighted by Crippen LogP contribution is 2.34. The molecule has 96 valence electrons. The average molecular weight is 268 g/mol. The lowest BCUT2D eigenvalue weighted by molar-refractivity contribution is -0.122. The first kappa shape index (κ1) is 12.1. The van der Waals surface area contributed by atoms with Gasteiger partial charge in [0.15, 0.2) is 0 Å². The first-order valence-electron chi connectivity index (χ1n) is 6.37. The molecule has 3 atom stereocenters. The minimum absolute atomic E-state index is 0.0575. The van der Waals surface area contributed by atoms with E-state index < -0.39 is 5.82 Å². The number of Topliss-reactive ketones (excluding diaryl/α,β-unsaturated/α-hetero) is 1. The van der Waals surface area contributed by atoms with Crippen molar-refractivity contribution in [2.45, 2.75) is 37.8 Å². The van der Waals surface area contributed by atoms with E-state index in [1.54, 1.807) is 12.1 Å². The van der Waals surface area contributed by atoms with Gasteiger partial charge >= 0.3 is 0 Å². The van der Waals surface area contributed by atoms with E-state index in [4.69, 9.17) is 11.6 Å². The molecule has 4 heteroatoms. The van der Waals surface area contributed by atoms with Gasteiger partial charge in [0.2, 0.25) is 0 Å². The van der Waals surface area contributed by atoms with Gasteiger partial charge in [-0.25, -0.2) is 4.39 Å². The fourth-order valence-electron chi connectivity index (χ4n) is 3.18. The zero-order chi connectivity index (χ0) is 12.7. The van der Waals surface area contributed by atoms with Crippen molar-refractivity contribution in [2.75, 3.05) is 0 Å². The Kier molecular flexibility index (Phi) is 3.12. The Hall–Kier alpha value is -0.930. The predicted molar refractivity (Wildman–Crippen MR) is 68.2 cm³/mol. The molecule has 2 saturated heterocycles. The van der Waals surface area contributed by atoms with Gasteiger partial charge < -0.3 is 5.32 Å². The topological polar surface area (TPSA) is 29.1 Å². The minimum Gasteiger partial charge on any atom is -0.310 e. The van der Waals surface area contributed by atoms with Crippen LogP contribution in [0.2, 0.25) is 5.02 Å². The van der Waals surface area contributed by atoms with Gasteiger partial charge in [-0.3, -0.25) is 4.79 Å². The molecule has 1 aromatic rings. The lowest BCUT2D eigenvalue weighted by atomic mass is 9.84. The number of fused-ring (bicyclic) bond motifs is 2. The Morgan fingerprint density at radius 2 is 2.28 bits per heavy atom. The van der Waals surface area contributed by atoms with Gasteiger partial charge in [0.1, 0.15) is 11.6 Å². The van der Waals surface area contributed by atoms with Gasteiger partial charge in [-0.1, -0.05) is 23.7 Å². The second-order valence-corrected chi connectivity index (χ2v) is 5.65. The van der Waals surface area contributed by atoms with Gasteiger partial charge in [-0.2, -0.15) is 0 Å². The fraction of sp³-hybridized carbons (Fsp3) is 0.500. The van der Waals surface area contributed by atoms with Crippen molar-refractivity contribution < 1.29 is 9.18 Å². The molecule has 2 bridgehead atoms. The number of halogens is 2. The molecule has 1 N–H and O–H groups in total. The molecule has 0 amide bonds. The van der Waals surface area contributed by atoms with Crippen LogP contribution in [0.1, 0.15) is 24.8 Å². The van der Waals surface area contributed by atoms with Crippen LogP contribution < -0.4 is 5.32 Å². The maximum atomic E-state index is 13.7. The molecule has 3 unspecified atom stereocenters. The Balaban J connectivity index is 1.73. The van der Waals surface area contributed by atoms with Crippen molar-refractivity contribution in [3.63, 3.8) is 0 Å². The third kappa shape index (κ3) is 2.06. The van der Waals surface area contributed by atoms with E-state index in [0.717, 1.165) is 12.8 Å². The highest BCUT2D eigenvalue weighted by molar-refractivity contribution is 6.30. The summed E-state index contributed by atoms with van der Waals surface area (Å²) in [6.45, 7) is 0. The van der Waals surface area contributed by atoms with Gasteiger partial charge in [-0.05, 0) is 30.9 Å². The highest BCUT2D eigenvalue weighted by atomic mass is 35.5. The van der Waals surface area contributed by atoms with E-state index >= 15 is 0 Å². The van der Waals surface area contributed by atoms with Crippen molar-refractivity contribution in [1.82, 2.24) is 5.32 Å². The monoisotopic (exact) mass is 267 g/mol.